The Bertz CT molecular complexity index is 1410. The number of urea groups is 1. The quantitative estimate of drug-likeness (QED) is 0.262. The molecule has 0 saturated carbocycles. The molecular weight excluding hydrogens is 568 g/mol. The van der Waals surface area contributed by atoms with Crippen LogP contribution < -0.4 is 15.4 Å². The summed E-state index contributed by atoms with van der Waals surface area (Å²) in [5.41, 5.74) is 1.50. The summed E-state index contributed by atoms with van der Waals surface area (Å²) in [5.74, 6) is 0.213. The highest BCUT2D eigenvalue weighted by molar-refractivity contribution is 6.07. The molecule has 0 spiro atoms. The first-order chi connectivity index (χ1) is 21.7. The zero-order valence-electron chi connectivity index (χ0n) is 27.4. The molecule has 3 aromatic rings. The van der Waals surface area contributed by atoms with Gasteiger partial charge in [0.2, 0.25) is 0 Å². The van der Waals surface area contributed by atoms with Gasteiger partial charge in [0, 0.05) is 36.7 Å². The number of nitrogens with one attached hydrogen (secondary N) is 2. The van der Waals surface area contributed by atoms with Crippen molar-refractivity contribution in [2.45, 2.75) is 71.6 Å². The van der Waals surface area contributed by atoms with E-state index in [1.54, 1.807) is 23.1 Å². The van der Waals surface area contributed by atoms with E-state index in [2.05, 4.69) is 36.4 Å². The lowest BCUT2D eigenvalue weighted by atomic mass is 10.0. The lowest BCUT2D eigenvalue weighted by Crippen LogP contribution is -2.47. The maximum absolute atomic E-state index is 14.3. The molecule has 1 aliphatic rings. The van der Waals surface area contributed by atoms with E-state index in [0.29, 0.717) is 35.8 Å². The van der Waals surface area contributed by atoms with Crippen LogP contribution in [0.5, 0.6) is 5.75 Å². The summed E-state index contributed by atoms with van der Waals surface area (Å²) in [6.45, 7) is 10.7. The van der Waals surface area contributed by atoms with E-state index in [9.17, 15) is 14.7 Å². The molecule has 0 unspecified atom stereocenters. The highest BCUT2D eigenvalue weighted by Crippen LogP contribution is 2.29. The summed E-state index contributed by atoms with van der Waals surface area (Å²) in [6.07, 6.45) is 3.54. The summed E-state index contributed by atoms with van der Waals surface area (Å²) < 4.78 is 12.7. The number of hydrogen-bond donors (Lipinski definition) is 3. The number of amides is 3. The Labute approximate surface area is 267 Å². The van der Waals surface area contributed by atoms with E-state index in [1.165, 1.54) is 0 Å². The number of benzene rings is 3. The van der Waals surface area contributed by atoms with Crippen molar-refractivity contribution >= 4 is 34.1 Å². The van der Waals surface area contributed by atoms with E-state index >= 15 is 0 Å². The second-order valence-corrected chi connectivity index (χ2v) is 12.4. The number of anilines is 2. The van der Waals surface area contributed by atoms with Crippen molar-refractivity contribution in [1.82, 2.24) is 9.80 Å². The van der Waals surface area contributed by atoms with Gasteiger partial charge in [-0.3, -0.25) is 4.79 Å². The maximum Gasteiger partial charge on any atom is 0.323 e. The van der Waals surface area contributed by atoms with Gasteiger partial charge in [0.05, 0.1) is 36.1 Å². The Balaban J connectivity index is 1.62. The second kappa shape index (κ2) is 16.6. The van der Waals surface area contributed by atoms with Crippen LogP contribution in [0.1, 0.15) is 63.7 Å². The minimum absolute atomic E-state index is 0.0151. The molecule has 0 aromatic heterocycles. The van der Waals surface area contributed by atoms with E-state index in [-0.39, 0.29) is 30.6 Å². The first kappa shape index (κ1) is 34.2. The Morgan fingerprint density at radius 1 is 1.09 bits per heavy atom. The highest BCUT2D eigenvalue weighted by Gasteiger charge is 2.30. The average molecular weight is 619 g/mol. The molecule has 4 rings (SSSR count). The third-order valence-corrected chi connectivity index (χ3v) is 8.44. The number of fused-ring (bicyclic) bond motifs is 2. The van der Waals surface area contributed by atoms with Crippen LogP contribution in [0, 0.1) is 5.92 Å². The van der Waals surface area contributed by atoms with Crippen LogP contribution in [0.4, 0.5) is 16.2 Å². The van der Waals surface area contributed by atoms with Gasteiger partial charge in [-0.25, -0.2) is 4.79 Å². The van der Waals surface area contributed by atoms with Gasteiger partial charge in [0.1, 0.15) is 5.75 Å². The van der Waals surface area contributed by atoms with E-state index in [1.807, 2.05) is 56.3 Å². The summed E-state index contributed by atoms with van der Waals surface area (Å²) in [7, 11) is 2.10. The number of aliphatic hydroxyl groups excluding tert-OH is 1. The third kappa shape index (κ3) is 9.42. The first-order valence-electron chi connectivity index (χ1n) is 16.3. The fourth-order valence-electron chi connectivity index (χ4n) is 5.86. The van der Waals surface area contributed by atoms with Crippen molar-refractivity contribution in [1.29, 1.82) is 0 Å². The Morgan fingerprint density at radius 3 is 2.64 bits per heavy atom. The molecule has 3 N–H and O–H groups in total. The van der Waals surface area contributed by atoms with Crippen molar-refractivity contribution in [3.8, 4) is 5.75 Å². The number of nitrogens with zero attached hydrogens (tertiary/aromatic N) is 2. The minimum Gasteiger partial charge on any atom is -0.490 e. The van der Waals surface area contributed by atoms with Crippen molar-refractivity contribution in [2.75, 3.05) is 50.5 Å². The number of aliphatic hydroxyl groups is 1. The molecule has 244 valence electrons. The fraction of sp³-hybridized carbons (Fsp3) is 0.500. The van der Waals surface area contributed by atoms with Crippen LogP contribution in [0.2, 0.25) is 0 Å². The Morgan fingerprint density at radius 2 is 1.87 bits per heavy atom. The van der Waals surface area contributed by atoms with Crippen LogP contribution in [-0.2, 0) is 4.74 Å². The molecule has 45 heavy (non-hydrogen) atoms. The molecule has 0 saturated heterocycles. The molecule has 0 aliphatic carbocycles. The minimum atomic E-state index is -0.432. The number of rotatable bonds is 8. The normalized spacial score (nSPS) is 20.6. The van der Waals surface area contributed by atoms with Crippen LogP contribution in [0.3, 0.4) is 0 Å². The lowest BCUT2D eigenvalue weighted by Gasteiger charge is -2.35. The summed E-state index contributed by atoms with van der Waals surface area (Å²) in [4.78, 5) is 31.4. The van der Waals surface area contributed by atoms with Gasteiger partial charge in [-0.15, -0.1) is 0 Å². The van der Waals surface area contributed by atoms with Gasteiger partial charge in [-0.05, 0) is 82.8 Å². The molecule has 9 heteroatoms. The zero-order chi connectivity index (χ0) is 32.3. The van der Waals surface area contributed by atoms with Gasteiger partial charge in [0.15, 0.2) is 0 Å². The highest BCUT2D eigenvalue weighted by atomic mass is 16.5. The summed E-state index contributed by atoms with van der Waals surface area (Å²) in [5, 5.41) is 18.0. The van der Waals surface area contributed by atoms with Crippen LogP contribution in [0.25, 0.3) is 10.8 Å². The molecule has 0 bridgehead atoms. The monoisotopic (exact) mass is 618 g/mol. The SMILES string of the molecule is CCCN(C)C[C@H]1OCCCC[C@H](C)Oc2ccc(NC(=O)Nc3cccc4ccccc34)cc2C(=O)N([C@@H](C)CO)C[C@H]1C. The van der Waals surface area contributed by atoms with Gasteiger partial charge in [-0.2, -0.15) is 0 Å². The zero-order valence-corrected chi connectivity index (χ0v) is 27.4. The predicted molar refractivity (Wildman–Crippen MR) is 181 cm³/mol. The Hall–Kier alpha value is -3.66. The predicted octanol–water partition coefficient (Wildman–Crippen LogP) is 6.62. The van der Waals surface area contributed by atoms with Crippen LogP contribution >= 0.6 is 0 Å². The topological polar surface area (TPSA) is 103 Å². The summed E-state index contributed by atoms with van der Waals surface area (Å²) in [6, 6.07) is 17.9. The number of carbonyl (C=O) groups is 2. The van der Waals surface area contributed by atoms with Crippen LogP contribution in [-0.4, -0.2) is 85.0 Å². The van der Waals surface area contributed by atoms with Crippen molar-refractivity contribution in [2.24, 2.45) is 5.92 Å². The van der Waals surface area contributed by atoms with Crippen molar-refractivity contribution in [3.05, 3.63) is 66.2 Å². The van der Waals surface area contributed by atoms with Gasteiger partial charge < -0.3 is 35.0 Å². The van der Waals surface area contributed by atoms with E-state index in [0.717, 1.165) is 49.5 Å². The van der Waals surface area contributed by atoms with Gasteiger partial charge >= 0.3 is 6.03 Å². The molecule has 0 fully saturated rings. The second-order valence-electron chi connectivity index (χ2n) is 12.4. The fourth-order valence-corrected chi connectivity index (χ4v) is 5.86. The number of hydrogen-bond acceptors (Lipinski definition) is 6. The standard InChI is InChI=1S/C36H50N4O5/c1-6-19-39(5)23-34-25(2)22-40(26(3)24-41)35(42)31-21-29(17-18-33(31)45-27(4)12-9-10-20-44-34)37-36(43)38-32-16-11-14-28-13-7-8-15-30(28)32/h7-8,11,13-18,21,25-27,34,41H,6,9-10,12,19-20,22-24H2,1-5H3,(H2,37,38,43)/t25-,26+,27+,34-/m1/s1. The molecule has 3 amide bonds. The first-order valence-corrected chi connectivity index (χ1v) is 16.3. The molecular formula is C36H50N4O5. The molecule has 9 nitrogen and oxygen atoms in total. The molecule has 4 atom stereocenters. The van der Waals surface area contributed by atoms with E-state index in [4.69, 9.17) is 9.47 Å². The number of ether oxygens (including phenoxy) is 2. The number of likely N-dealkylation sites (N-methyl/N-ethyl adjacent to an activating group) is 1. The maximum atomic E-state index is 14.3. The number of carbonyl (C=O) groups excluding carboxylic acids is 2. The van der Waals surface area contributed by atoms with Gasteiger partial charge in [0.25, 0.3) is 5.91 Å². The molecule has 3 aromatic carbocycles. The van der Waals surface area contributed by atoms with Crippen molar-refractivity contribution < 1.29 is 24.2 Å². The lowest BCUT2D eigenvalue weighted by molar-refractivity contribution is -0.0167. The van der Waals surface area contributed by atoms with E-state index < -0.39 is 12.1 Å². The smallest absolute Gasteiger partial charge is 0.323 e. The largest absolute Gasteiger partial charge is 0.490 e. The van der Waals surface area contributed by atoms with Gasteiger partial charge in [-0.1, -0.05) is 50.2 Å². The van der Waals surface area contributed by atoms with Crippen molar-refractivity contribution in [3.63, 3.8) is 0 Å². The molecule has 1 aliphatic heterocycles. The van der Waals surface area contributed by atoms with Crippen LogP contribution in [0.15, 0.2) is 60.7 Å². The summed E-state index contributed by atoms with van der Waals surface area (Å²) >= 11 is 0. The average Bonchev–Trinajstić information content (AvgIpc) is 3.02. The third-order valence-electron chi connectivity index (χ3n) is 8.44. The molecule has 0 radical (unpaired) electrons. The molecule has 1 heterocycles. The Kier molecular flexibility index (Phi) is 12.6.